The van der Waals surface area contributed by atoms with Gasteiger partial charge in [0.05, 0.1) is 11.6 Å². The van der Waals surface area contributed by atoms with Crippen molar-refractivity contribution in [2.45, 2.75) is 38.3 Å². The molecule has 0 saturated heterocycles. The number of hydrogen-bond acceptors (Lipinski definition) is 3. The minimum atomic E-state index is 0.454. The van der Waals surface area contributed by atoms with Crippen LogP contribution in [0.15, 0.2) is 0 Å². The molecule has 82 valence electrons. The Morgan fingerprint density at radius 3 is 2.71 bits per heavy atom. The summed E-state index contributed by atoms with van der Waals surface area (Å²) in [5.74, 6) is 0. The zero-order valence-electron chi connectivity index (χ0n) is 9.03. The summed E-state index contributed by atoms with van der Waals surface area (Å²) in [6, 6.07) is 1.20. The molecule has 1 fully saturated rings. The van der Waals surface area contributed by atoms with E-state index >= 15 is 0 Å². The molecule has 0 aliphatic heterocycles. The summed E-state index contributed by atoms with van der Waals surface area (Å²) in [6.07, 6.45) is 3.44. The average molecular weight is 216 g/mol. The van der Waals surface area contributed by atoms with Gasteiger partial charge in [0.25, 0.3) is 0 Å². The first kappa shape index (κ1) is 11.9. The standard InChI is InChI=1S/C10H20N2OS/c1-8(7-10(11)14)12(5-6-13-2)9-3-4-9/h8-9H,3-7H2,1-2H3,(H2,11,14). The molecule has 0 aromatic rings. The zero-order valence-corrected chi connectivity index (χ0v) is 9.85. The smallest absolute Gasteiger partial charge is 0.0742 e. The average Bonchev–Trinajstić information content (AvgIpc) is 2.87. The van der Waals surface area contributed by atoms with Gasteiger partial charge in [-0.3, -0.25) is 4.90 Å². The molecule has 0 amide bonds. The predicted octanol–water partition coefficient (Wildman–Crippen LogP) is 1.16. The minimum Gasteiger partial charge on any atom is -0.393 e. The molecule has 0 aromatic carbocycles. The number of rotatable bonds is 7. The lowest BCUT2D eigenvalue weighted by Crippen LogP contribution is -2.39. The third-order valence-corrected chi connectivity index (χ3v) is 2.80. The molecule has 0 radical (unpaired) electrons. The third-order valence-electron chi connectivity index (χ3n) is 2.63. The van der Waals surface area contributed by atoms with Gasteiger partial charge in [-0.05, 0) is 19.8 Å². The Labute approximate surface area is 91.6 Å². The van der Waals surface area contributed by atoms with Crippen molar-refractivity contribution in [3.63, 3.8) is 0 Å². The zero-order chi connectivity index (χ0) is 10.6. The highest BCUT2D eigenvalue weighted by molar-refractivity contribution is 7.80. The molecule has 1 saturated carbocycles. The monoisotopic (exact) mass is 216 g/mol. The van der Waals surface area contributed by atoms with Crippen molar-refractivity contribution in [3.8, 4) is 0 Å². The largest absolute Gasteiger partial charge is 0.393 e. The molecule has 4 heteroatoms. The van der Waals surface area contributed by atoms with Gasteiger partial charge in [0.1, 0.15) is 0 Å². The normalized spacial score (nSPS) is 18.5. The van der Waals surface area contributed by atoms with E-state index in [0.29, 0.717) is 11.0 Å². The molecule has 1 aliphatic carbocycles. The molecular formula is C10H20N2OS. The number of nitrogens with two attached hydrogens (primary N) is 1. The van der Waals surface area contributed by atoms with Gasteiger partial charge in [0.2, 0.25) is 0 Å². The van der Waals surface area contributed by atoms with Crippen LogP contribution in [0.1, 0.15) is 26.2 Å². The molecule has 1 aliphatic rings. The highest BCUT2D eigenvalue weighted by atomic mass is 32.1. The molecule has 2 N–H and O–H groups in total. The topological polar surface area (TPSA) is 38.5 Å². The fraction of sp³-hybridized carbons (Fsp3) is 0.900. The maximum absolute atomic E-state index is 5.55. The lowest BCUT2D eigenvalue weighted by molar-refractivity contribution is 0.121. The van der Waals surface area contributed by atoms with E-state index in [1.54, 1.807) is 7.11 Å². The molecule has 0 bridgehead atoms. The van der Waals surface area contributed by atoms with Crippen molar-refractivity contribution in [1.29, 1.82) is 0 Å². The van der Waals surface area contributed by atoms with Crippen LogP contribution in [0.3, 0.4) is 0 Å². The van der Waals surface area contributed by atoms with E-state index in [9.17, 15) is 0 Å². The SMILES string of the molecule is COCCN(C(C)CC(N)=S)C1CC1. The molecule has 14 heavy (non-hydrogen) atoms. The lowest BCUT2D eigenvalue weighted by atomic mass is 10.2. The molecular weight excluding hydrogens is 196 g/mol. The summed E-state index contributed by atoms with van der Waals surface area (Å²) in [4.78, 5) is 3.07. The Balaban J connectivity index is 2.35. The summed E-state index contributed by atoms with van der Waals surface area (Å²) < 4.78 is 5.10. The predicted molar refractivity (Wildman–Crippen MR) is 62.5 cm³/mol. The second-order valence-corrected chi connectivity index (χ2v) is 4.51. The van der Waals surface area contributed by atoms with Crippen LogP contribution in [0.25, 0.3) is 0 Å². The molecule has 0 aromatic heterocycles. The third kappa shape index (κ3) is 3.90. The van der Waals surface area contributed by atoms with Crippen LogP contribution >= 0.6 is 12.2 Å². The molecule has 1 unspecified atom stereocenters. The summed E-state index contributed by atoms with van der Waals surface area (Å²) in [6.45, 7) is 3.97. The van der Waals surface area contributed by atoms with Crippen LogP contribution in [-0.4, -0.2) is 42.2 Å². The van der Waals surface area contributed by atoms with Gasteiger partial charge in [-0.1, -0.05) is 12.2 Å². The maximum atomic E-state index is 5.55. The fourth-order valence-corrected chi connectivity index (χ4v) is 2.02. The van der Waals surface area contributed by atoms with Crippen LogP contribution in [0.2, 0.25) is 0 Å². The van der Waals surface area contributed by atoms with E-state index < -0.39 is 0 Å². The van der Waals surface area contributed by atoms with E-state index in [1.165, 1.54) is 12.8 Å². The van der Waals surface area contributed by atoms with Crippen LogP contribution in [0.4, 0.5) is 0 Å². The lowest BCUT2D eigenvalue weighted by Gasteiger charge is -2.28. The Morgan fingerprint density at radius 1 is 1.64 bits per heavy atom. The van der Waals surface area contributed by atoms with Crippen LogP contribution in [-0.2, 0) is 4.74 Å². The van der Waals surface area contributed by atoms with Crippen molar-refractivity contribution in [2.75, 3.05) is 20.3 Å². The van der Waals surface area contributed by atoms with Crippen molar-refractivity contribution in [3.05, 3.63) is 0 Å². The number of thiocarbonyl (C=S) groups is 1. The van der Waals surface area contributed by atoms with E-state index in [-0.39, 0.29) is 0 Å². The summed E-state index contributed by atoms with van der Waals surface area (Å²) >= 11 is 4.93. The van der Waals surface area contributed by atoms with Crippen molar-refractivity contribution >= 4 is 17.2 Å². The van der Waals surface area contributed by atoms with Gasteiger partial charge in [0.15, 0.2) is 0 Å². The van der Waals surface area contributed by atoms with E-state index in [2.05, 4.69) is 11.8 Å². The second-order valence-electron chi connectivity index (χ2n) is 3.98. The van der Waals surface area contributed by atoms with Crippen LogP contribution < -0.4 is 5.73 Å². The minimum absolute atomic E-state index is 0.454. The molecule has 0 heterocycles. The number of methoxy groups -OCH3 is 1. The maximum Gasteiger partial charge on any atom is 0.0742 e. The van der Waals surface area contributed by atoms with E-state index in [1.807, 2.05) is 0 Å². The molecule has 1 atom stereocenters. The van der Waals surface area contributed by atoms with Crippen LogP contribution in [0, 0.1) is 0 Å². The fourth-order valence-electron chi connectivity index (χ4n) is 1.77. The van der Waals surface area contributed by atoms with Crippen LogP contribution in [0.5, 0.6) is 0 Å². The van der Waals surface area contributed by atoms with E-state index in [0.717, 1.165) is 25.6 Å². The Morgan fingerprint density at radius 2 is 2.29 bits per heavy atom. The first-order valence-electron chi connectivity index (χ1n) is 5.18. The first-order valence-corrected chi connectivity index (χ1v) is 5.59. The summed E-state index contributed by atoms with van der Waals surface area (Å²) in [7, 11) is 1.74. The van der Waals surface area contributed by atoms with E-state index in [4.69, 9.17) is 22.7 Å². The molecule has 0 spiro atoms. The highest BCUT2D eigenvalue weighted by Gasteiger charge is 2.31. The molecule has 1 rings (SSSR count). The van der Waals surface area contributed by atoms with Crippen molar-refractivity contribution in [2.24, 2.45) is 5.73 Å². The van der Waals surface area contributed by atoms with Gasteiger partial charge in [-0.2, -0.15) is 0 Å². The quantitative estimate of drug-likeness (QED) is 0.648. The highest BCUT2D eigenvalue weighted by Crippen LogP contribution is 2.29. The Hall–Kier alpha value is -0.190. The summed E-state index contributed by atoms with van der Waals surface area (Å²) in [5, 5.41) is 0. The number of nitrogens with zero attached hydrogens (tertiary/aromatic N) is 1. The van der Waals surface area contributed by atoms with Gasteiger partial charge in [-0.25, -0.2) is 0 Å². The number of hydrogen-bond donors (Lipinski definition) is 1. The van der Waals surface area contributed by atoms with Gasteiger partial charge >= 0.3 is 0 Å². The Kier molecular flexibility index (Phi) is 4.78. The first-order chi connectivity index (χ1) is 6.65. The Bertz CT molecular complexity index is 195. The molecule has 3 nitrogen and oxygen atoms in total. The van der Waals surface area contributed by atoms with Gasteiger partial charge in [0, 0.05) is 32.2 Å². The van der Waals surface area contributed by atoms with Gasteiger partial charge in [-0.15, -0.1) is 0 Å². The second kappa shape index (κ2) is 5.63. The van der Waals surface area contributed by atoms with Gasteiger partial charge < -0.3 is 10.5 Å². The van der Waals surface area contributed by atoms with Crippen molar-refractivity contribution < 1.29 is 4.74 Å². The van der Waals surface area contributed by atoms with Crippen molar-refractivity contribution in [1.82, 2.24) is 4.90 Å². The summed E-state index contributed by atoms with van der Waals surface area (Å²) in [5.41, 5.74) is 5.55. The number of ether oxygens (including phenoxy) is 1.